The number of halogens is 2. The number of aryl methyl sites for hydroxylation is 1. The maximum absolute atomic E-state index is 12.5. The number of benzene rings is 2. The Morgan fingerprint density at radius 3 is 2.52 bits per heavy atom. The van der Waals surface area contributed by atoms with Crippen molar-refractivity contribution in [1.82, 2.24) is 4.90 Å². The molecule has 0 radical (unpaired) electrons. The van der Waals surface area contributed by atoms with Crippen LogP contribution in [0.15, 0.2) is 42.5 Å². The van der Waals surface area contributed by atoms with Crippen molar-refractivity contribution >= 4 is 45.0 Å². The van der Waals surface area contributed by atoms with Crippen molar-refractivity contribution in [1.29, 1.82) is 0 Å². The van der Waals surface area contributed by atoms with Gasteiger partial charge in [0.15, 0.2) is 0 Å². The molecule has 3 rings (SSSR count). The largest absolute Gasteiger partial charge is 0.444 e. The van der Waals surface area contributed by atoms with Crippen LogP contribution in [-0.2, 0) is 21.2 Å². The molecule has 1 saturated heterocycles. The second-order valence-corrected chi connectivity index (χ2v) is 11.9. The molecule has 1 atom stereocenters. The highest BCUT2D eigenvalue weighted by Gasteiger charge is 2.28. The Morgan fingerprint density at radius 2 is 1.85 bits per heavy atom. The lowest BCUT2D eigenvalue weighted by molar-refractivity contribution is 0.0198. The number of nitrogens with one attached hydrogen (secondary N) is 1. The number of ether oxygens (including phenoxy) is 1. The molecule has 1 unspecified atom stereocenters. The number of piperidine rings is 1. The summed E-state index contributed by atoms with van der Waals surface area (Å²) in [5.74, 6) is 0.0735. The summed E-state index contributed by atoms with van der Waals surface area (Å²) in [7, 11) is -3.56. The first-order chi connectivity index (χ1) is 15.4. The van der Waals surface area contributed by atoms with Crippen molar-refractivity contribution in [2.45, 2.75) is 51.6 Å². The third-order valence-corrected chi connectivity index (χ3v) is 7.55. The molecule has 0 aliphatic carbocycles. The maximum atomic E-state index is 12.5. The number of sulfonamides is 1. The van der Waals surface area contributed by atoms with Crippen molar-refractivity contribution in [2.75, 3.05) is 23.6 Å². The monoisotopic (exact) mass is 512 g/mol. The molecule has 0 spiro atoms. The molecule has 1 aliphatic heterocycles. The van der Waals surface area contributed by atoms with Gasteiger partial charge in [0.25, 0.3) is 0 Å². The molecule has 1 heterocycles. The molecule has 180 valence electrons. The normalized spacial score (nSPS) is 17.0. The Morgan fingerprint density at radius 1 is 1.15 bits per heavy atom. The standard InChI is InChI=1S/C24H30Cl2N2O4S/c1-24(2,3)32-23(29)28-14-5-7-19(16-28)17-9-11-20(12-10-17)27-33(30,31)15-13-18-6-4-8-21(25)22(18)26/h4,6,8-12,19,27H,5,7,13-16H2,1-3H3. The zero-order valence-corrected chi connectivity index (χ0v) is 21.4. The van der Waals surface area contributed by atoms with Crippen LogP contribution >= 0.6 is 23.2 Å². The molecule has 1 fully saturated rings. The van der Waals surface area contributed by atoms with Gasteiger partial charge >= 0.3 is 6.09 Å². The van der Waals surface area contributed by atoms with Gasteiger partial charge in [-0.1, -0.05) is 47.5 Å². The number of hydrogen-bond donors (Lipinski definition) is 1. The highest BCUT2D eigenvalue weighted by atomic mass is 35.5. The summed E-state index contributed by atoms with van der Waals surface area (Å²) >= 11 is 12.2. The van der Waals surface area contributed by atoms with Crippen LogP contribution in [0.3, 0.4) is 0 Å². The number of hydrogen-bond acceptors (Lipinski definition) is 4. The summed E-state index contributed by atoms with van der Waals surface area (Å²) in [5, 5.41) is 0.787. The van der Waals surface area contributed by atoms with E-state index in [0.717, 1.165) is 18.4 Å². The molecule has 9 heteroatoms. The van der Waals surface area contributed by atoms with Gasteiger partial charge < -0.3 is 9.64 Å². The predicted octanol–water partition coefficient (Wildman–Crippen LogP) is 6.09. The van der Waals surface area contributed by atoms with Gasteiger partial charge in [0, 0.05) is 24.7 Å². The van der Waals surface area contributed by atoms with E-state index >= 15 is 0 Å². The molecule has 2 aromatic rings. The maximum Gasteiger partial charge on any atom is 0.410 e. The number of rotatable bonds is 6. The second-order valence-electron chi connectivity index (χ2n) is 9.27. The van der Waals surface area contributed by atoms with Gasteiger partial charge in [0.2, 0.25) is 10.0 Å². The van der Waals surface area contributed by atoms with E-state index in [1.54, 1.807) is 35.2 Å². The van der Waals surface area contributed by atoms with Crippen LogP contribution in [0.1, 0.15) is 50.7 Å². The van der Waals surface area contributed by atoms with Gasteiger partial charge in [-0.05, 0) is 69.4 Å². The fourth-order valence-electron chi connectivity index (χ4n) is 3.78. The van der Waals surface area contributed by atoms with E-state index in [4.69, 9.17) is 27.9 Å². The molecule has 1 amide bonds. The number of carbonyl (C=O) groups excluding carboxylic acids is 1. The first-order valence-corrected chi connectivity index (χ1v) is 13.4. The van der Waals surface area contributed by atoms with Crippen LogP contribution in [0.5, 0.6) is 0 Å². The van der Waals surface area contributed by atoms with Gasteiger partial charge in [0.05, 0.1) is 15.8 Å². The van der Waals surface area contributed by atoms with Crippen molar-refractivity contribution in [3.8, 4) is 0 Å². The van der Waals surface area contributed by atoms with Crippen LogP contribution in [0.25, 0.3) is 0 Å². The van der Waals surface area contributed by atoms with E-state index in [2.05, 4.69) is 4.72 Å². The molecular formula is C24H30Cl2N2O4S. The minimum atomic E-state index is -3.56. The number of carbonyl (C=O) groups is 1. The highest BCUT2D eigenvalue weighted by Crippen LogP contribution is 2.29. The predicted molar refractivity (Wildman–Crippen MR) is 134 cm³/mol. The lowest BCUT2D eigenvalue weighted by Gasteiger charge is -2.34. The van der Waals surface area contributed by atoms with E-state index in [1.807, 2.05) is 32.9 Å². The Balaban J connectivity index is 1.59. The van der Waals surface area contributed by atoms with E-state index < -0.39 is 15.6 Å². The minimum absolute atomic E-state index is 0.109. The zero-order chi connectivity index (χ0) is 24.2. The Kier molecular flexibility index (Phi) is 8.19. The summed E-state index contributed by atoms with van der Waals surface area (Å²) in [5.41, 5.74) is 1.73. The van der Waals surface area contributed by atoms with Crippen molar-refractivity contribution in [3.05, 3.63) is 63.6 Å². The SMILES string of the molecule is CC(C)(C)OC(=O)N1CCCC(c2ccc(NS(=O)(=O)CCc3cccc(Cl)c3Cl)cc2)C1. The molecule has 0 saturated carbocycles. The van der Waals surface area contributed by atoms with E-state index in [1.165, 1.54) is 0 Å². The van der Waals surface area contributed by atoms with E-state index in [9.17, 15) is 13.2 Å². The van der Waals surface area contributed by atoms with E-state index in [-0.39, 0.29) is 24.2 Å². The average molecular weight is 513 g/mol. The summed E-state index contributed by atoms with van der Waals surface area (Å²) in [6, 6.07) is 12.5. The van der Waals surface area contributed by atoms with Gasteiger partial charge in [0.1, 0.15) is 5.60 Å². The van der Waals surface area contributed by atoms with Crippen LogP contribution < -0.4 is 4.72 Å². The average Bonchev–Trinajstić information content (AvgIpc) is 2.74. The summed E-state index contributed by atoms with van der Waals surface area (Å²) < 4.78 is 33.2. The first kappa shape index (κ1) is 25.7. The Labute approximate surface area is 206 Å². The van der Waals surface area contributed by atoms with Crippen LogP contribution in [0.4, 0.5) is 10.5 Å². The fraction of sp³-hybridized carbons (Fsp3) is 0.458. The Hall–Kier alpha value is -1.96. The van der Waals surface area contributed by atoms with Crippen molar-refractivity contribution in [3.63, 3.8) is 0 Å². The van der Waals surface area contributed by atoms with Gasteiger partial charge in [-0.25, -0.2) is 13.2 Å². The molecule has 0 bridgehead atoms. The Bertz CT molecular complexity index is 1080. The molecule has 6 nitrogen and oxygen atoms in total. The van der Waals surface area contributed by atoms with Gasteiger partial charge in [-0.3, -0.25) is 4.72 Å². The smallest absolute Gasteiger partial charge is 0.410 e. The van der Waals surface area contributed by atoms with Crippen LogP contribution in [0.2, 0.25) is 10.0 Å². The second kappa shape index (κ2) is 10.5. The molecular weight excluding hydrogens is 483 g/mol. The fourth-order valence-corrected chi connectivity index (χ4v) is 5.28. The lowest BCUT2D eigenvalue weighted by atomic mass is 9.91. The number of nitrogens with zero attached hydrogens (tertiary/aromatic N) is 1. The topological polar surface area (TPSA) is 75.7 Å². The van der Waals surface area contributed by atoms with Gasteiger partial charge in [-0.2, -0.15) is 0 Å². The van der Waals surface area contributed by atoms with Gasteiger partial charge in [-0.15, -0.1) is 0 Å². The third-order valence-electron chi connectivity index (χ3n) is 5.40. The third kappa shape index (κ3) is 7.52. The number of anilines is 1. The highest BCUT2D eigenvalue weighted by molar-refractivity contribution is 7.92. The lowest BCUT2D eigenvalue weighted by Crippen LogP contribution is -2.42. The summed E-state index contributed by atoms with van der Waals surface area (Å²) in [6.07, 6.45) is 1.82. The summed E-state index contributed by atoms with van der Waals surface area (Å²) in [6.45, 7) is 6.83. The summed E-state index contributed by atoms with van der Waals surface area (Å²) in [4.78, 5) is 14.2. The number of amides is 1. The number of likely N-dealkylation sites (tertiary alicyclic amines) is 1. The molecule has 1 aliphatic rings. The van der Waals surface area contributed by atoms with Crippen molar-refractivity contribution in [2.24, 2.45) is 0 Å². The first-order valence-electron chi connectivity index (χ1n) is 10.9. The molecule has 1 N–H and O–H groups in total. The van der Waals surface area contributed by atoms with Crippen molar-refractivity contribution < 1.29 is 17.9 Å². The molecule has 0 aromatic heterocycles. The van der Waals surface area contributed by atoms with Crippen LogP contribution in [-0.4, -0.2) is 43.9 Å². The van der Waals surface area contributed by atoms with Crippen LogP contribution in [0, 0.1) is 0 Å². The molecule has 2 aromatic carbocycles. The molecule has 33 heavy (non-hydrogen) atoms. The van der Waals surface area contributed by atoms with E-state index in [0.29, 0.717) is 34.4 Å². The quantitative estimate of drug-likeness (QED) is 0.507. The zero-order valence-electron chi connectivity index (χ0n) is 19.1. The minimum Gasteiger partial charge on any atom is -0.444 e.